The number of benzene rings is 1. The summed E-state index contributed by atoms with van der Waals surface area (Å²) in [5.74, 6) is 3.71. The predicted molar refractivity (Wildman–Crippen MR) is 76.8 cm³/mol. The Morgan fingerprint density at radius 2 is 2.00 bits per heavy atom. The number of ether oxygens (including phenoxy) is 1. The lowest BCUT2D eigenvalue weighted by Gasteiger charge is -2.16. The van der Waals surface area contributed by atoms with Crippen molar-refractivity contribution >= 4 is 11.8 Å². The zero-order valence-electron chi connectivity index (χ0n) is 11.2. The summed E-state index contributed by atoms with van der Waals surface area (Å²) in [5.41, 5.74) is 8.57. The molecule has 0 bridgehead atoms. The van der Waals surface area contributed by atoms with Crippen molar-refractivity contribution in [3.63, 3.8) is 0 Å². The number of methoxy groups -OCH3 is 1. The third-order valence-electron chi connectivity index (χ3n) is 2.53. The van der Waals surface area contributed by atoms with E-state index in [0.717, 1.165) is 22.8 Å². The first-order valence-electron chi connectivity index (χ1n) is 6.02. The molecule has 96 valence electrons. The first-order chi connectivity index (χ1) is 8.04. The van der Waals surface area contributed by atoms with E-state index < -0.39 is 0 Å². The van der Waals surface area contributed by atoms with Gasteiger partial charge < -0.3 is 10.5 Å². The van der Waals surface area contributed by atoms with Crippen molar-refractivity contribution in [1.29, 1.82) is 0 Å². The lowest BCUT2D eigenvalue weighted by Crippen LogP contribution is -2.15. The van der Waals surface area contributed by atoms with Gasteiger partial charge in [-0.15, -0.1) is 0 Å². The summed E-state index contributed by atoms with van der Waals surface area (Å²) in [5, 5.41) is 0. The molecule has 0 fully saturated rings. The van der Waals surface area contributed by atoms with E-state index in [1.54, 1.807) is 7.11 Å². The Labute approximate surface area is 109 Å². The van der Waals surface area contributed by atoms with E-state index in [1.807, 2.05) is 17.8 Å². The van der Waals surface area contributed by atoms with Crippen LogP contribution in [0.3, 0.4) is 0 Å². The maximum Gasteiger partial charge on any atom is 0.123 e. The largest absolute Gasteiger partial charge is 0.496 e. The van der Waals surface area contributed by atoms with Gasteiger partial charge >= 0.3 is 0 Å². The molecule has 1 aromatic rings. The molecule has 0 aliphatic rings. The standard InChI is InChI=1S/C14H23NOS/c1-10(2)8-17-9-13(15)12-7-11(3)5-6-14(12)16-4/h5-7,10,13H,8-9,15H2,1-4H3. The second kappa shape index (κ2) is 6.92. The molecule has 0 aliphatic carbocycles. The number of hydrogen-bond donors (Lipinski definition) is 1. The maximum absolute atomic E-state index is 6.23. The molecule has 1 unspecified atom stereocenters. The van der Waals surface area contributed by atoms with Gasteiger partial charge in [-0.2, -0.15) is 11.8 Å². The van der Waals surface area contributed by atoms with Crippen LogP contribution in [0.25, 0.3) is 0 Å². The van der Waals surface area contributed by atoms with Crippen LogP contribution < -0.4 is 10.5 Å². The fourth-order valence-corrected chi connectivity index (χ4v) is 2.71. The van der Waals surface area contributed by atoms with Crippen molar-refractivity contribution in [3.8, 4) is 5.75 Å². The Hall–Kier alpha value is -0.670. The van der Waals surface area contributed by atoms with E-state index in [-0.39, 0.29) is 6.04 Å². The van der Waals surface area contributed by atoms with Crippen LogP contribution in [0, 0.1) is 12.8 Å². The van der Waals surface area contributed by atoms with Crippen LogP contribution in [0.15, 0.2) is 18.2 Å². The summed E-state index contributed by atoms with van der Waals surface area (Å²) in [4.78, 5) is 0. The van der Waals surface area contributed by atoms with Crippen LogP contribution in [0.1, 0.15) is 31.0 Å². The first kappa shape index (κ1) is 14.4. The highest BCUT2D eigenvalue weighted by molar-refractivity contribution is 7.99. The average Bonchev–Trinajstić information content (AvgIpc) is 2.28. The molecule has 0 heterocycles. The van der Waals surface area contributed by atoms with Crippen LogP contribution in [0.4, 0.5) is 0 Å². The molecular formula is C14H23NOS. The Balaban J connectivity index is 2.66. The molecule has 3 heteroatoms. The second-order valence-corrected chi connectivity index (χ2v) is 5.86. The highest BCUT2D eigenvalue weighted by atomic mass is 32.2. The third-order valence-corrected chi connectivity index (χ3v) is 4.03. The molecule has 0 spiro atoms. The molecule has 17 heavy (non-hydrogen) atoms. The molecule has 2 N–H and O–H groups in total. The molecule has 0 amide bonds. The second-order valence-electron chi connectivity index (χ2n) is 4.78. The smallest absolute Gasteiger partial charge is 0.123 e. The van der Waals surface area contributed by atoms with Crippen LogP contribution >= 0.6 is 11.8 Å². The van der Waals surface area contributed by atoms with Gasteiger partial charge in [-0.3, -0.25) is 0 Å². The van der Waals surface area contributed by atoms with Gasteiger partial charge in [0.15, 0.2) is 0 Å². The molecule has 0 saturated heterocycles. The Bertz CT molecular complexity index is 352. The zero-order valence-corrected chi connectivity index (χ0v) is 12.0. The number of nitrogens with two attached hydrogens (primary N) is 1. The van der Waals surface area contributed by atoms with E-state index in [4.69, 9.17) is 10.5 Å². The molecule has 1 atom stereocenters. The van der Waals surface area contributed by atoms with Crippen LogP contribution in [0.2, 0.25) is 0 Å². The van der Waals surface area contributed by atoms with Gasteiger partial charge in [-0.25, -0.2) is 0 Å². The van der Waals surface area contributed by atoms with Crippen molar-refractivity contribution in [1.82, 2.24) is 0 Å². The van der Waals surface area contributed by atoms with Gasteiger partial charge in [0.25, 0.3) is 0 Å². The molecular weight excluding hydrogens is 230 g/mol. The number of thioether (sulfide) groups is 1. The van der Waals surface area contributed by atoms with E-state index in [2.05, 4.69) is 32.9 Å². The van der Waals surface area contributed by atoms with E-state index in [9.17, 15) is 0 Å². The average molecular weight is 253 g/mol. The minimum Gasteiger partial charge on any atom is -0.496 e. The number of rotatable bonds is 6. The van der Waals surface area contributed by atoms with Crippen LogP contribution in [-0.4, -0.2) is 18.6 Å². The van der Waals surface area contributed by atoms with Crippen molar-refractivity contribution in [2.45, 2.75) is 26.8 Å². The molecule has 1 aromatic carbocycles. The van der Waals surface area contributed by atoms with Gasteiger partial charge in [0.1, 0.15) is 5.75 Å². The van der Waals surface area contributed by atoms with Gasteiger partial charge in [-0.1, -0.05) is 31.5 Å². The molecule has 1 rings (SSSR count). The minimum absolute atomic E-state index is 0.0496. The zero-order chi connectivity index (χ0) is 12.8. The SMILES string of the molecule is COc1ccc(C)cc1C(N)CSCC(C)C. The van der Waals surface area contributed by atoms with E-state index >= 15 is 0 Å². The van der Waals surface area contributed by atoms with E-state index in [1.165, 1.54) is 5.56 Å². The Morgan fingerprint density at radius 3 is 2.59 bits per heavy atom. The maximum atomic E-state index is 6.23. The van der Waals surface area contributed by atoms with Crippen LogP contribution in [0.5, 0.6) is 5.75 Å². The number of aryl methyl sites for hydroxylation is 1. The van der Waals surface area contributed by atoms with Crippen molar-refractivity contribution in [2.75, 3.05) is 18.6 Å². The summed E-state index contributed by atoms with van der Waals surface area (Å²) in [7, 11) is 1.70. The third kappa shape index (κ3) is 4.60. The monoisotopic (exact) mass is 253 g/mol. The highest BCUT2D eigenvalue weighted by Gasteiger charge is 2.12. The fraction of sp³-hybridized carbons (Fsp3) is 0.571. The van der Waals surface area contributed by atoms with E-state index in [0.29, 0.717) is 5.92 Å². The number of hydrogen-bond acceptors (Lipinski definition) is 3. The molecule has 0 saturated carbocycles. The summed E-state index contributed by atoms with van der Waals surface area (Å²) >= 11 is 1.91. The molecule has 0 radical (unpaired) electrons. The summed E-state index contributed by atoms with van der Waals surface area (Å²) in [6.45, 7) is 6.54. The van der Waals surface area contributed by atoms with Crippen LogP contribution in [-0.2, 0) is 0 Å². The van der Waals surface area contributed by atoms with Crippen molar-refractivity contribution < 1.29 is 4.74 Å². The molecule has 0 aromatic heterocycles. The predicted octanol–water partition coefficient (Wildman–Crippen LogP) is 3.39. The van der Waals surface area contributed by atoms with Gasteiger partial charge in [0, 0.05) is 17.4 Å². The quantitative estimate of drug-likeness (QED) is 0.844. The van der Waals surface area contributed by atoms with Crippen molar-refractivity contribution in [2.24, 2.45) is 11.7 Å². The lowest BCUT2D eigenvalue weighted by atomic mass is 10.1. The highest BCUT2D eigenvalue weighted by Crippen LogP contribution is 2.27. The summed E-state index contributed by atoms with van der Waals surface area (Å²) < 4.78 is 5.36. The van der Waals surface area contributed by atoms with Crippen molar-refractivity contribution in [3.05, 3.63) is 29.3 Å². The summed E-state index contributed by atoms with van der Waals surface area (Å²) in [6.07, 6.45) is 0. The Morgan fingerprint density at radius 1 is 1.29 bits per heavy atom. The van der Waals surface area contributed by atoms with Gasteiger partial charge in [0.2, 0.25) is 0 Å². The molecule has 0 aliphatic heterocycles. The fourth-order valence-electron chi connectivity index (χ4n) is 1.66. The van der Waals surface area contributed by atoms with Gasteiger partial charge in [-0.05, 0) is 24.7 Å². The molecule has 2 nitrogen and oxygen atoms in total. The minimum atomic E-state index is 0.0496. The normalized spacial score (nSPS) is 12.8. The first-order valence-corrected chi connectivity index (χ1v) is 7.18. The topological polar surface area (TPSA) is 35.2 Å². The summed E-state index contributed by atoms with van der Waals surface area (Å²) in [6, 6.07) is 6.22. The Kier molecular flexibility index (Phi) is 5.86. The lowest BCUT2D eigenvalue weighted by molar-refractivity contribution is 0.407. The van der Waals surface area contributed by atoms with Gasteiger partial charge in [0.05, 0.1) is 7.11 Å².